The number of hydrogen-bond donors (Lipinski definition) is 2. The maximum absolute atomic E-state index is 8.64. The fraction of sp³-hybridized carbons (Fsp3) is 0.875. The van der Waals surface area contributed by atoms with E-state index in [0.29, 0.717) is 0 Å². The van der Waals surface area contributed by atoms with Crippen LogP contribution < -0.4 is 5.32 Å². The van der Waals surface area contributed by atoms with Crippen LogP contribution in [-0.4, -0.2) is 35.8 Å². The predicted molar refractivity (Wildman–Crippen MR) is 52.1 cm³/mol. The molecular formula is C8H16N2OS. The van der Waals surface area contributed by atoms with Crippen LogP contribution in [-0.2, 0) is 0 Å². The van der Waals surface area contributed by atoms with Crippen molar-refractivity contribution in [2.24, 2.45) is 0 Å². The number of nitrogens with zero attached hydrogens (tertiary/aromatic N) is 1. The van der Waals surface area contributed by atoms with Crippen molar-refractivity contribution in [2.45, 2.75) is 19.4 Å². The lowest BCUT2D eigenvalue weighted by molar-refractivity contribution is 0.296. The van der Waals surface area contributed by atoms with E-state index in [-0.39, 0.29) is 12.6 Å². The fourth-order valence-corrected chi connectivity index (χ4v) is 1.68. The Labute approximate surface area is 78.2 Å². The minimum atomic E-state index is -0.0429. The van der Waals surface area contributed by atoms with E-state index in [9.17, 15) is 0 Å². The van der Waals surface area contributed by atoms with Gasteiger partial charge in [-0.3, -0.25) is 0 Å². The number of rotatable bonds is 7. The van der Waals surface area contributed by atoms with Crippen LogP contribution in [0.25, 0.3) is 0 Å². The quantitative estimate of drug-likeness (QED) is 0.575. The van der Waals surface area contributed by atoms with Gasteiger partial charge in [-0.05, 0) is 18.7 Å². The van der Waals surface area contributed by atoms with Crippen molar-refractivity contribution in [1.82, 2.24) is 5.32 Å². The van der Waals surface area contributed by atoms with Gasteiger partial charge in [0.2, 0.25) is 0 Å². The molecule has 1 unspecified atom stereocenters. The Bertz CT molecular complexity index is 136. The standard InChI is InChI=1S/C8H16N2OS/c1-2-10-8(6-9)7-12-5-3-4-11/h8,10-11H,2-5,7H2,1H3. The normalized spacial score (nSPS) is 12.4. The first kappa shape index (κ1) is 11.8. The van der Waals surface area contributed by atoms with E-state index >= 15 is 0 Å². The Balaban J connectivity index is 3.27. The largest absolute Gasteiger partial charge is 0.396 e. The van der Waals surface area contributed by atoms with Crippen LogP contribution in [0.15, 0.2) is 0 Å². The molecule has 0 radical (unpaired) electrons. The molecule has 0 bridgehead atoms. The van der Waals surface area contributed by atoms with Gasteiger partial charge in [0, 0.05) is 12.4 Å². The second-order valence-electron chi connectivity index (χ2n) is 2.39. The zero-order valence-corrected chi connectivity index (χ0v) is 8.23. The number of aliphatic hydroxyl groups excluding tert-OH is 1. The van der Waals surface area contributed by atoms with Gasteiger partial charge in [-0.25, -0.2) is 0 Å². The third-order valence-electron chi connectivity index (χ3n) is 1.34. The van der Waals surface area contributed by atoms with Crippen LogP contribution in [0.3, 0.4) is 0 Å². The minimum absolute atomic E-state index is 0.0429. The fourth-order valence-electron chi connectivity index (χ4n) is 0.756. The number of hydrogen-bond acceptors (Lipinski definition) is 4. The van der Waals surface area contributed by atoms with E-state index < -0.39 is 0 Å². The molecule has 0 amide bonds. The first-order valence-corrected chi connectivity index (χ1v) is 5.32. The topological polar surface area (TPSA) is 56.0 Å². The third kappa shape index (κ3) is 6.47. The number of aliphatic hydroxyl groups is 1. The van der Waals surface area contributed by atoms with Crippen molar-refractivity contribution in [2.75, 3.05) is 24.7 Å². The van der Waals surface area contributed by atoms with Crippen molar-refractivity contribution in [3.63, 3.8) is 0 Å². The Morgan fingerprint density at radius 1 is 1.67 bits per heavy atom. The molecule has 0 rings (SSSR count). The second kappa shape index (κ2) is 8.85. The summed E-state index contributed by atoms with van der Waals surface area (Å²) in [6, 6.07) is 2.14. The summed E-state index contributed by atoms with van der Waals surface area (Å²) >= 11 is 1.71. The monoisotopic (exact) mass is 188 g/mol. The summed E-state index contributed by atoms with van der Waals surface area (Å²) < 4.78 is 0. The average molecular weight is 188 g/mol. The molecule has 0 aliphatic heterocycles. The van der Waals surface area contributed by atoms with Crippen LogP contribution in [0.4, 0.5) is 0 Å². The molecule has 0 aromatic carbocycles. The highest BCUT2D eigenvalue weighted by atomic mass is 32.2. The Hall–Kier alpha value is -0.240. The van der Waals surface area contributed by atoms with Gasteiger partial charge in [0.15, 0.2) is 0 Å². The third-order valence-corrected chi connectivity index (χ3v) is 2.48. The molecule has 3 nitrogen and oxygen atoms in total. The van der Waals surface area contributed by atoms with Gasteiger partial charge in [0.1, 0.15) is 6.04 Å². The molecule has 0 aliphatic carbocycles. The summed E-state index contributed by atoms with van der Waals surface area (Å²) in [5, 5.41) is 20.2. The van der Waals surface area contributed by atoms with Gasteiger partial charge < -0.3 is 10.4 Å². The van der Waals surface area contributed by atoms with Gasteiger partial charge in [0.05, 0.1) is 6.07 Å². The number of thioether (sulfide) groups is 1. The minimum Gasteiger partial charge on any atom is -0.396 e. The van der Waals surface area contributed by atoms with Crippen molar-refractivity contribution >= 4 is 11.8 Å². The van der Waals surface area contributed by atoms with E-state index in [2.05, 4.69) is 11.4 Å². The van der Waals surface area contributed by atoms with E-state index in [1.54, 1.807) is 11.8 Å². The first-order chi connectivity index (χ1) is 5.85. The predicted octanol–water partition coefficient (Wildman–Crippen LogP) is 0.604. The maximum Gasteiger partial charge on any atom is 0.104 e. The molecule has 12 heavy (non-hydrogen) atoms. The molecule has 0 spiro atoms. The zero-order valence-electron chi connectivity index (χ0n) is 7.42. The molecule has 2 N–H and O–H groups in total. The molecule has 0 aromatic rings. The van der Waals surface area contributed by atoms with E-state index in [1.807, 2.05) is 6.92 Å². The maximum atomic E-state index is 8.64. The zero-order chi connectivity index (χ0) is 9.23. The van der Waals surface area contributed by atoms with Gasteiger partial charge in [-0.2, -0.15) is 17.0 Å². The molecule has 0 aliphatic rings. The van der Waals surface area contributed by atoms with Crippen molar-refractivity contribution in [3.05, 3.63) is 0 Å². The van der Waals surface area contributed by atoms with Gasteiger partial charge in [0.25, 0.3) is 0 Å². The SMILES string of the molecule is CCNC(C#N)CSCCCO. The lowest BCUT2D eigenvalue weighted by Gasteiger charge is -2.08. The Morgan fingerprint density at radius 3 is 2.92 bits per heavy atom. The van der Waals surface area contributed by atoms with Crippen LogP contribution >= 0.6 is 11.8 Å². The highest BCUT2D eigenvalue weighted by molar-refractivity contribution is 7.99. The molecule has 0 heterocycles. The van der Waals surface area contributed by atoms with Gasteiger partial charge in [-0.1, -0.05) is 6.92 Å². The summed E-state index contributed by atoms with van der Waals surface area (Å²) in [4.78, 5) is 0. The van der Waals surface area contributed by atoms with Crippen molar-refractivity contribution in [3.8, 4) is 6.07 Å². The number of nitriles is 1. The molecule has 0 saturated heterocycles. The second-order valence-corrected chi connectivity index (χ2v) is 3.54. The molecule has 70 valence electrons. The molecule has 0 aromatic heterocycles. The van der Waals surface area contributed by atoms with E-state index in [1.165, 1.54) is 0 Å². The van der Waals surface area contributed by atoms with E-state index in [0.717, 1.165) is 24.5 Å². The lowest BCUT2D eigenvalue weighted by Crippen LogP contribution is -2.29. The lowest BCUT2D eigenvalue weighted by atomic mass is 10.4. The van der Waals surface area contributed by atoms with Crippen molar-refractivity contribution < 1.29 is 5.11 Å². The Morgan fingerprint density at radius 2 is 2.42 bits per heavy atom. The van der Waals surface area contributed by atoms with Crippen LogP contribution in [0.2, 0.25) is 0 Å². The Kier molecular flexibility index (Phi) is 8.68. The summed E-state index contributed by atoms with van der Waals surface area (Å²) in [5.41, 5.74) is 0. The summed E-state index contributed by atoms with van der Waals surface area (Å²) in [7, 11) is 0. The summed E-state index contributed by atoms with van der Waals surface area (Å²) in [5.74, 6) is 1.74. The molecule has 4 heteroatoms. The highest BCUT2D eigenvalue weighted by Gasteiger charge is 2.03. The smallest absolute Gasteiger partial charge is 0.104 e. The highest BCUT2D eigenvalue weighted by Crippen LogP contribution is 2.03. The summed E-state index contributed by atoms with van der Waals surface area (Å²) in [6.07, 6.45) is 0.814. The average Bonchev–Trinajstić information content (AvgIpc) is 2.10. The van der Waals surface area contributed by atoms with Gasteiger partial charge >= 0.3 is 0 Å². The molecular weight excluding hydrogens is 172 g/mol. The molecule has 0 saturated carbocycles. The first-order valence-electron chi connectivity index (χ1n) is 4.16. The summed E-state index contributed by atoms with van der Waals surface area (Å²) in [6.45, 7) is 3.06. The van der Waals surface area contributed by atoms with Gasteiger partial charge in [-0.15, -0.1) is 0 Å². The van der Waals surface area contributed by atoms with Crippen LogP contribution in [0.5, 0.6) is 0 Å². The van der Waals surface area contributed by atoms with Crippen molar-refractivity contribution in [1.29, 1.82) is 5.26 Å². The van der Waals surface area contributed by atoms with Crippen LogP contribution in [0.1, 0.15) is 13.3 Å². The number of nitrogens with one attached hydrogen (secondary N) is 1. The molecule has 0 fully saturated rings. The van der Waals surface area contributed by atoms with E-state index in [4.69, 9.17) is 10.4 Å². The van der Waals surface area contributed by atoms with Crippen LogP contribution in [0, 0.1) is 11.3 Å². The molecule has 1 atom stereocenters.